The third-order valence-electron chi connectivity index (χ3n) is 4.00. The Morgan fingerprint density at radius 1 is 1.28 bits per heavy atom. The largest absolute Gasteiger partial charge is 0.324 e. The number of rotatable bonds is 7. The zero-order valence-corrected chi connectivity index (χ0v) is 15.2. The molecule has 1 fully saturated rings. The van der Waals surface area contributed by atoms with Crippen LogP contribution in [0.4, 0.5) is 14.3 Å². The van der Waals surface area contributed by atoms with Crippen molar-refractivity contribution in [2.45, 2.75) is 25.3 Å². The minimum Gasteiger partial charge on any atom is -0.319 e. The minimum absolute atomic E-state index is 0.209. The van der Waals surface area contributed by atoms with Gasteiger partial charge in [0, 0.05) is 24.6 Å². The van der Waals surface area contributed by atoms with Crippen LogP contribution < -0.4 is 5.32 Å². The number of likely N-dealkylation sites (N-methyl/N-ethyl adjacent to an activating group) is 1. The molecule has 1 aromatic carbocycles. The quantitative estimate of drug-likeness (QED) is 0.821. The number of carbonyl (C=O) groups excluding carboxylic acids is 1. The van der Waals surface area contributed by atoms with E-state index in [2.05, 4.69) is 15.5 Å². The number of hydrogen-bond acceptors (Lipinski definition) is 5. The van der Waals surface area contributed by atoms with Gasteiger partial charge in [0.2, 0.25) is 5.13 Å². The Kier molecular flexibility index (Phi) is 5.60. The predicted molar refractivity (Wildman–Crippen MR) is 96.3 cm³/mol. The maximum absolute atomic E-state index is 13.9. The molecule has 1 saturated carbocycles. The molecule has 0 aliphatic heterocycles. The Morgan fingerprint density at radius 3 is 2.72 bits per heavy atom. The van der Waals surface area contributed by atoms with Crippen molar-refractivity contribution in [2.75, 3.05) is 32.5 Å². The molecule has 0 saturated heterocycles. The molecule has 8 heteroatoms. The van der Waals surface area contributed by atoms with Gasteiger partial charge in [-0.1, -0.05) is 29.5 Å². The number of aromatic nitrogens is 2. The second-order valence-electron chi connectivity index (χ2n) is 6.47. The molecule has 0 atom stereocenters. The highest BCUT2D eigenvalue weighted by molar-refractivity contribution is 7.15. The van der Waals surface area contributed by atoms with E-state index in [-0.39, 0.29) is 18.4 Å². The van der Waals surface area contributed by atoms with Crippen molar-refractivity contribution >= 4 is 22.5 Å². The summed E-state index contributed by atoms with van der Waals surface area (Å²) in [6, 6.07) is 6.23. The van der Waals surface area contributed by atoms with Crippen LogP contribution >= 0.6 is 11.3 Å². The van der Waals surface area contributed by atoms with Gasteiger partial charge in [0.15, 0.2) is 0 Å². The van der Waals surface area contributed by atoms with Crippen LogP contribution in [0.25, 0.3) is 0 Å². The number of urea groups is 1. The van der Waals surface area contributed by atoms with Gasteiger partial charge in [0.25, 0.3) is 0 Å². The minimum atomic E-state index is -0.308. The molecule has 1 aromatic heterocycles. The number of anilines is 1. The first kappa shape index (κ1) is 17.8. The number of benzene rings is 1. The summed E-state index contributed by atoms with van der Waals surface area (Å²) in [5.74, 6) is 0.198. The standard InChI is InChI=1S/C17H22FN5OS/c1-22(2)9-10-23(11-13-5-3-4-6-14(13)18)17(24)19-16-21-20-15(25-16)12-7-8-12/h3-6,12H,7-11H2,1-2H3,(H,19,21,24). The number of halogens is 1. The van der Waals surface area contributed by atoms with Crippen molar-refractivity contribution in [3.05, 3.63) is 40.7 Å². The lowest BCUT2D eigenvalue weighted by atomic mass is 10.2. The summed E-state index contributed by atoms with van der Waals surface area (Å²) in [4.78, 5) is 16.2. The molecule has 1 N–H and O–H groups in total. The summed E-state index contributed by atoms with van der Waals surface area (Å²) in [6.07, 6.45) is 2.29. The molecule has 6 nitrogen and oxygen atoms in total. The van der Waals surface area contributed by atoms with Crippen LogP contribution in [0.2, 0.25) is 0 Å². The van der Waals surface area contributed by atoms with Crippen LogP contribution in [-0.2, 0) is 6.54 Å². The van der Waals surface area contributed by atoms with Crippen molar-refractivity contribution in [2.24, 2.45) is 0 Å². The topological polar surface area (TPSA) is 61.4 Å². The summed E-state index contributed by atoms with van der Waals surface area (Å²) in [6.45, 7) is 1.38. The highest BCUT2D eigenvalue weighted by Gasteiger charge is 2.28. The molecule has 0 bridgehead atoms. The molecular formula is C17H22FN5OS. The maximum atomic E-state index is 13.9. The van der Waals surface area contributed by atoms with E-state index in [4.69, 9.17) is 0 Å². The Balaban J connectivity index is 1.68. The van der Waals surface area contributed by atoms with E-state index in [1.807, 2.05) is 19.0 Å². The van der Waals surface area contributed by atoms with Gasteiger partial charge in [-0.05, 0) is 33.0 Å². The van der Waals surface area contributed by atoms with Crippen molar-refractivity contribution in [3.63, 3.8) is 0 Å². The Bertz CT molecular complexity index is 731. The van der Waals surface area contributed by atoms with Gasteiger partial charge < -0.3 is 9.80 Å². The summed E-state index contributed by atoms with van der Waals surface area (Å²) >= 11 is 1.42. The molecule has 3 rings (SSSR count). The number of nitrogens with zero attached hydrogens (tertiary/aromatic N) is 4. The summed E-state index contributed by atoms with van der Waals surface area (Å²) in [5.41, 5.74) is 0.493. The second-order valence-corrected chi connectivity index (χ2v) is 7.48. The van der Waals surface area contributed by atoms with Crippen molar-refractivity contribution < 1.29 is 9.18 Å². The van der Waals surface area contributed by atoms with E-state index in [1.165, 1.54) is 17.4 Å². The molecule has 0 spiro atoms. The van der Waals surface area contributed by atoms with Crippen LogP contribution in [0.1, 0.15) is 29.3 Å². The van der Waals surface area contributed by atoms with Gasteiger partial charge in [0.1, 0.15) is 10.8 Å². The number of amides is 2. The fourth-order valence-electron chi connectivity index (χ4n) is 2.36. The van der Waals surface area contributed by atoms with Crippen LogP contribution in [0.5, 0.6) is 0 Å². The lowest BCUT2D eigenvalue weighted by Gasteiger charge is -2.24. The van der Waals surface area contributed by atoms with E-state index in [9.17, 15) is 9.18 Å². The van der Waals surface area contributed by atoms with E-state index < -0.39 is 0 Å². The average Bonchev–Trinajstić information content (AvgIpc) is 3.33. The Labute approximate surface area is 150 Å². The van der Waals surface area contributed by atoms with Gasteiger partial charge in [-0.2, -0.15) is 0 Å². The third-order valence-corrected chi connectivity index (χ3v) is 5.01. The summed E-state index contributed by atoms with van der Waals surface area (Å²) in [7, 11) is 3.87. The van der Waals surface area contributed by atoms with E-state index in [1.54, 1.807) is 23.1 Å². The first-order chi connectivity index (χ1) is 12.0. The highest BCUT2D eigenvalue weighted by atomic mass is 32.1. The summed E-state index contributed by atoms with van der Waals surface area (Å²) < 4.78 is 13.9. The van der Waals surface area contributed by atoms with E-state index in [0.717, 1.165) is 17.8 Å². The zero-order valence-electron chi connectivity index (χ0n) is 14.4. The summed E-state index contributed by atoms with van der Waals surface area (Å²) in [5, 5.41) is 12.4. The first-order valence-electron chi connectivity index (χ1n) is 8.30. The number of carbonyl (C=O) groups is 1. The molecule has 2 aromatic rings. The van der Waals surface area contributed by atoms with Crippen LogP contribution in [0, 0.1) is 5.82 Å². The third kappa shape index (κ3) is 4.96. The molecular weight excluding hydrogens is 341 g/mol. The van der Waals surface area contributed by atoms with E-state index in [0.29, 0.717) is 29.7 Å². The van der Waals surface area contributed by atoms with Crippen molar-refractivity contribution in [3.8, 4) is 0 Å². The fraction of sp³-hybridized carbons (Fsp3) is 0.471. The lowest BCUT2D eigenvalue weighted by molar-refractivity contribution is 0.201. The Morgan fingerprint density at radius 2 is 2.04 bits per heavy atom. The highest BCUT2D eigenvalue weighted by Crippen LogP contribution is 2.42. The molecule has 25 heavy (non-hydrogen) atoms. The first-order valence-corrected chi connectivity index (χ1v) is 9.12. The molecule has 0 radical (unpaired) electrons. The van der Waals surface area contributed by atoms with Gasteiger partial charge in [-0.15, -0.1) is 10.2 Å². The molecule has 1 aliphatic carbocycles. The van der Waals surface area contributed by atoms with Crippen molar-refractivity contribution in [1.82, 2.24) is 20.0 Å². The van der Waals surface area contributed by atoms with Crippen LogP contribution in [0.15, 0.2) is 24.3 Å². The normalized spacial score (nSPS) is 13.9. The van der Waals surface area contributed by atoms with Gasteiger partial charge in [-0.25, -0.2) is 9.18 Å². The fourth-order valence-corrected chi connectivity index (χ4v) is 3.26. The van der Waals surface area contributed by atoms with E-state index >= 15 is 0 Å². The lowest BCUT2D eigenvalue weighted by Crippen LogP contribution is -2.39. The second kappa shape index (κ2) is 7.88. The van der Waals surface area contributed by atoms with Crippen molar-refractivity contribution in [1.29, 1.82) is 0 Å². The average molecular weight is 363 g/mol. The molecule has 2 amide bonds. The van der Waals surface area contributed by atoms with Gasteiger partial charge in [-0.3, -0.25) is 5.32 Å². The van der Waals surface area contributed by atoms with Gasteiger partial charge in [0.05, 0.1) is 6.54 Å². The number of nitrogens with one attached hydrogen (secondary N) is 1. The number of hydrogen-bond donors (Lipinski definition) is 1. The SMILES string of the molecule is CN(C)CCN(Cc1ccccc1F)C(=O)Nc1nnc(C2CC2)s1. The van der Waals surface area contributed by atoms with Gasteiger partial charge >= 0.3 is 6.03 Å². The molecule has 1 heterocycles. The van der Waals surface area contributed by atoms with Crippen LogP contribution in [-0.4, -0.2) is 53.2 Å². The van der Waals surface area contributed by atoms with Crippen LogP contribution in [0.3, 0.4) is 0 Å². The monoisotopic (exact) mass is 363 g/mol. The molecule has 1 aliphatic rings. The predicted octanol–water partition coefficient (Wildman–Crippen LogP) is 3.15. The molecule has 0 unspecified atom stereocenters. The maximum Gasteiger partial charge on any atom is 0.324 e. The smallest absolute Gasteiger partial charge is 0.319 e. The molecule has 134 valence electrons. The Hall–Kier alpha value is -2.06. The zero-order chi connectivity index (χ0) is 17.8.